The third-order valence-electron chi connectivity index (χ3n) is 4.93. The Balaban J connectivity index is 1.58. The van der Waals surface area contributed by atoms with E-state index in [9.17, 15) is 14.4 Å². The standard InChI is InChI=1S/C24H24N2O4/c1-30-24(29)20-10-4-6-17(14-20)12-13-18-7-5-11-21(15-18)26-22(27)16-25-23(28)19-8-2-3-9-19/h4-7,10-11,14-15,19H,2-3,8-9,16H2,1H3,(H,25,28)(H,26,27). The monoisotopic (exact) mass is 404 g/mol. The molecule has 0 bridgehead atoms. The van der Waals surface area contributed by atoms with Gasteiger partial charge in [0.15, 0.2) is 0 Å². The first-order chi connectivity index (χ1) is 14.5. The first-order valence-electron chi connectivity index (χ1n) is 9.93. The Bertz CT molecular complexity index is 998. The molecule has 1 fully saturated rings. The molecule has 0 spiro atoms. The molecule has 30 heavy (non-hydrogen) atoms. The Kier molecular flexibility index (Phi) is 7.23. The van der Waals surface area contributed by atoms with Crippen molar-refractivity contribution >= 4 is 23.5 Å². The van der Waals surface area contributed by atoms with Gasteiger partial charge >= 0.3 is 5.97 Å². The van der Waals surface area contributed by atoms with Gasteiger partial charge in [-0.05, 0) is 49.2 Å². The highest BCUT2D eigenvalue weighted by Crippen LogP contribution is 2.24. The van der Waals surface area contributed by atoms with Gasteiger partial charge in [-0.1, -0.05) is 36.8 Å². The third-order valence-corrected chi connectivity index (χ3v) is 4.93. The van der Waals surface area contributed by atoms with Crippen LogP contribution in [0.25, 0.3) is 0 Å². The van der Waals surface area contributed by atoms with Gasteiger partial charge in [0, 0.05) is 22.7 Å². The van der Waals surface area contributed by atoms with Crippen LogP contribution in [0.5, 0.6) is 0 Å². The van der Waals surface area contributed by atoms with Crippen LogP contribution < -0.4 is 10.6 Å². The molecule has 0 unspecified atom stereocenters. The van der Waals surface area contributed by atoms with E-state index < -0.39 is 5.97 Å². The second-order valence-electron chi connectivity index (χ2n) is 7.15. The first-order valence-corrected chi connectivity index (χ1v) is 9.93. The van der Waals surface area contributed by atoms with Crippen molar-refractivity contribution in [2.45, 2.75) is 25.7 Å². The van der Waals surface area contributed by atoms with Crippen molar-refractivity contribution in [3.05, 3.63) is 65.2 Å². The fourth-order valence-corrected chi connectivity index (χ4v) is 3.37. The minimum Gasteiger partial charge on any atom is -0.465 e. The van der Waals surface area contributed by atoms with Gasteiger partial charge in [-0.2, -0.15) is 0 Å². The maximum Gasteiger partial charge on any atom is 0.337 e. The van der Waals surface area contributed by atoms with Gasteiger partial charge in [0.2, 0.25) is 11.8 Å². The van der Waals surface area contributed by atoms with Crippen LogP contribution >= 0.6 is 0 Å². The van der Waals surface area contributed by atoms with Gasteiger partial charge in [-0.3, -0.25) is 9.59 Å². The van der Waals surface area contributed by atoms with E-state index >= 15 is 0 Å². The molecular weight excluding hydrogens is 380 g/mol. The summed E-state index contributed by atoms with van der Waals surface area (Å²) in [4.78, 5) is 35.8. The highest BCUT2D eigenvalue weighted by molar-refractivity contribution is 5.95. The minimum atomic E-state index is -0.414. The van der Waals surface area contributed by atoms with E-state index in [4.69, 9.17) is 4.74 Å². The van der Waals surface area contributed by atoms with Crippen LogP contribution in [0.3, 0.4) is 0 Å². The molecular formula is C24H24N2O4. The molecule has 6 nitrogen and oxygen atoms in total. The number of amides is 2. The fraction of sp³-hybridized carbons (Fsp3) is 0.292. The van der Waals surface area contributed by atoms with Crippen molar-refractivity contribution in [1.29, 1.82) is 0 Å². The molecule has 2 amide bonds. The molecule has 3 rings (SSSR count). The lowest BCUT2D eigenvalue weighted by Gasteiger charge is -2.10. The van der Waals surface area contributed by atoms with Gasteiger partial charge in [0.05, 0.1) is 19.2 Å². The van der Waals surface area contributed by atoms with E-state index in [1.54, 1.807) is 42.5 Å². The second-order valence-corrected chi connectivity index (χ2v) is 7.15. The number of anilines is 1. The number of esters is 1. The number of hydrogen-bond donors (Lipinski definition) is 2. The van der Waals surface area contributed by atoms with Crippen molar-refractivity contribution in [2.24, 2.45) is 5.92 Å². The highest BCUT2D eigenvalue weighted by Gasteiger charge is 2.22. The number of carbonyl (C=O) groups excluding carboxylic acids is 3. The molecule has 6 heteroatoms. The van der Waals surface area contributed by atoms with Crippen LogP contribution in [0.1, 0.15) is 47.2 Å². The number of hydrogen-bond acceptors (Lipinski definition) is 4. The lowest BCUT2D eigenvalue weighted by molar-refractivity contribution is -0.127. The maximum atomic E-state index is 12.1. The lowest BCUT2D eigenvalue weighted by Crippen LogP contribution is -2.36. The SMILES string of the molecule is COC(=O)c1cccc(C#Cc2cccc(NC(=O)CNC(=O)C3CCCC3)c2)c1. The van der Waals surface area contributed by atoms with Crippen molar-refractivity contribution in [3.8, 4) is 11.8 Å². The molecule has 1 aliphatic carbocycles. The third kappa shape index (κ3) is 5.95. The second kappa shape index (κ2) is 10.3. The topological polar surface area (TPSA) is 84.5 Å². The Morgan fingerprint density at radius 2 is 1.67 bits per heavy atom. The maximum absolute atomic E-state index is 12.1. The van der Waals surface area contributed by atoms with Crippen LogP contribution in [0, 0.1) is 17.8 Å². The number of benzene rings is 2. The molecule has 0 heterocycles. The molecule has 1 aliphatic rings. The van der Waals surface area contributed by atoms with Crippen molar-refractivity contribution in [1.82, 2.24) is 5.32 Å². The Morgan fingerprint density at radius 3 is 2.37 bits per heavy atom. The minimum absolute atomic E-state index is 0.0362. The van der Waals surface area contributed by atoms with Crippen LogP contribution in [0.4, 0.5) is 5.69 Å². The Hall–Kier alpha value is -3.59. The van der Waals surface area contributed by atoms with Crippen LogP contribution in [0.2, 0.25) is 0 Å². The largest absolute Gasteiger partial charge is 0.465 e. The zero-order chi connectivity index (χ0) is 21.3. The zero-order valence-corrected chi connectivity index (χ0v) is 16.9. The summed E-state index contributed by atoms with van der Waals surface area (Å²) in [6.07, 6.45) is 3.95. The summed E-state index contributed by atoms with van der Waals surface area (Å²) in [5.41, 5.74) is 2.43. The summed E-state index contributed by atoms with van der Waals surface area (Å²) >= 11 is 0. The quantitative estimate of drug-likeness (QED) is 0.592. The molecule has 0 aliphatic heterocycles. The molecule has 0 saturated heterocycles. The molecule has 0 radical (unpaired) electrons. The van der Waals surface area contributed by atoms with E-state index in [-0.39, 0.29) is 24.3 Å². The predicted molar refractivity (Wildman–Crippen MR) is 114 cm³/mol. The molecule has 2 N–H and O–H groups in total. The predicted octanol–water partition coefficient (Wildman–Crippen LogP) is 3.12. The van der Waals surface area contributed by atoms with Crippen LogP contribution in [-0.4, -0.2) is 31.4 Å². The first kappa shape index (κ1) is 21.1. The van der Waals surface area contributed by atoms with E-state index in [2.05, 4.69) is 22.5 Å². The van der Waals surface area contributed by atoms with E-state index in [1.807, 2.05) is 6.07 Å². The fourth-order valence-electron chi connectivity index (χ4n) is 3.37. The normalized spacial score (nSPS) is 13.1. The molecule has 0 atom stereocenters. The van der Waals surface area contributed by atoms with Gasteiger partial charge in [0.1, 0.15) is 0 Å². The Labute approximate surface area is 176 Å². The van der Waals surface area contributed by atoms with Crippen molar-refractivity contribution in [2.75, 3.05) is 19.0 Å². The number of carbonyl (C=O) groups is 3. The van der Waals surface area contributed by atoms with Crippen LogP contribution in [0.15, 0.2) is 48.5 Å². The number of nitrogens with one attached hydrogen (secondary N) is 2. The molecule has 2 aromatic rings. The van der Waals surface area contributed by atoms with Gasteiger partial charge in [-0.15, -0.1) is 0 Å². The van der Waals surface area contributed by atoms with Crippen molar-refractivity contribution < 1.29 is 19.1 Å². The molecule has 1 saturated carbocycles. The number of ether oxygens (including phenoxy) is 1. The average molecular weight is 404 g/mol. The Morgan fingerprint density at radius 1 is 1.00 bits per heavy atom. The van der Waals surface area contributed by atoms with Gasteiger partial charge < -0.3 is 15.4 Å². The van der Waals surface area contributed by atoms with E-state index in [1.165, 1.54) is 7.11 Å². The molecule has 2 aromatic carbocycles. The lowest BCUT2D eigenvalue weighted by atomic mass is 10.1. The summed E-state index contributed by atoms with van der Waals surface area (Å²) < 4.78 is 4.72. The highest BCUT2D eigenvalue weighted by atomic mass is 16.5. The summed E-state index contributed by atoms with van der Waals surface area (Å²) in [6.45, 7) is -0.0500. The summed E-state index contributed by atoms with van der Waals surface area (Å²) in [5.74, 6) is 5.32. The summed E-state index contributed by atoms with van der Waals surface area (Å²) in [7, 11) is 1.33. The van der Waals surface area contributed by atoms with Gasteiger partial charge in [-0.25, -0.2) is 4.79 Å². The van der Waals surface area contributed by atoms with Crippen LogP contribution in [-0.2, 0) is 14.3 Å². The summed E-state index contributed by atoms with van der Waals surface area (Å²) in [5, 5.41) is 5.48. The van der Waals surface area contributed by atoms with Crippen molar-refractivity contribution in [3.63, 3.8) is 0 Å². The number of rotatable bonds is 5. The molecule has 154 valence electrons. The smallest absolute Gasteiger partial charge is 0.337 e. The average Bonchev–Trinajstić information content (AvgIpc) is 3.31. The van der Waals surface area contributed by atoms with Gasteiger partial charge in [0.25, 0.3) is 0 Å². The van der Waals surface area contributed by atoms with E-state index in [0.717, 1.165) is 25.7 Å². The number of methoxy groups -OCH3 is 1. The zero-order valence-electron chi connectivity index (χ0n) is 16.9. The summed E-state index contributed by atoms with van der Waals surface area (Å²) in [6, 6.07) is 14.0. The molecule has 0 aromatic heterocycles. The van der Waals surface area contributed by atoms with E-state index in [0.29, 0.717) is 22.4 Å².